The average Bonchev–Trinajstić information content (AvgIpc) is 2.42. The largest absolute Gasteiger partial charge is 0.464 e. The third kappa shape index (κ3) is 3.05. The predicted octanol–water partition coefficient (Wildman–Crippen LogP) is 1.94. The fourth-order valence-electron chi connectivity index (χ4n) is 2.40. The first-order valence-electron chi connectivity index (χ1n) is 6.99. The minimum atomic E-state index is 0.391. The molecule has 1 aromatic rings. The molecule has 0 amide bonds. The first-order valence-corrected chi connectivity index (χ1v) is 6.99. The molecule has 0 radical (unpaired) electrons. The first-order chi connectivity index (χ1) is 9.15. The molecule has 0 aromatic carbocycles. The molecular weight excluding hydrogens is 242 g/mol. The summed E-state index contributed by atoms with van der Waals surface area (Å²) in [7, 11) is 1.80. The fraction of sp³-hybridized carbons (Fsp3) is 0.769. The Kier molecular flexibility index (Phi) is 4.39. The second-order valence-electron chi connectivity index (χ2n) is 4.98. The van der Waals surface area contributed by atoms with Gasteiger partial charge in [-0.15, -0.1) is 0 Å². The number of nitrogens with zero attached hydrogens (tertiary/aromatic N) is 4. The Morgan fingerprint density at radius 3 is 2.79 bits per heavy atom. The van der Waals surface area contributed by atoms with Crippen molar-refractivity contribution in [3.05, 3.63) is 0 Å². The van der Waals surface area contributed by atoms with E-state index in [1.165, 1.54) is 12.8 Å². The van der Waals surface area contributed by atoms with Gasteiger partial charge in [0, 0.05) is 19.6 Å². The topological polar surface area (TPSA) is 63.2 Å². The van der Waals surface area contributed by atoms with E-state index in [0.29, 0.717) is 36.5 Å². The molecule has 2 atom stereocenters. The zero-order valence-electron chi connectivity index (χ0n) is 12.2. The average molecular weight is 265 g/mol. The van der Waals surface area contributed by atoms with E-state index < -0.39 is 0 Å². The lowest BCUT2D eigenvalue weighted by atomic mass is 9.92. The van der Waals surface area contributed by atoms with Crippen molar-refractivity contribution >= 4 is 11.9 Å². The van der Waals surface area contributed by atoms with E-state index in [4.69, 9.17) is 4.74 Å². The van der Waals surface area contributed by atoms with Crippen molar-refractivity contribution in [3.63, 3.8) is 0 Å². The number of anilines is 2. The van der Waals surface area contributed by atoms with E-state index in [2.05, 4.69) is 39.0 Å². The van der Waals surface area contributed by atoms with Crippen molar-refractivity contribution in [1.82, 2.24) is 15.0 Å². The van der Waals surface area contributed by atoms with Crippen LogP contribution < -0.4 is 15.0 Å². The Morgan fingerprint density at radius 2 is 2.11 bits per heavy atom. The Bertz CT molecular complexity index is 425. The standard InChI is InChI=1S/C13H23N5O/c1-5-19-13-16-11(14-4)15-12(17-13)18-8-6-7-9(2)10(18)3/h9-10H,5-8H2,1-4H3,(H,14,15,16,17). The molecule has 106 valence electrons. The van der Waals surface area contributed by atoms with Crippen LogP contribution in [0.15, 0.2) is 0 Å². The van der Waals surface area contributed by atoms with Gasteiger partial charge < -0.3 is 15.0 Å². The van der Waals surface area contributed by atoms with Gasteiger partial charge in [0.1, 0.15) is 0 Å². The van der Waals surface area contributed by atoms with Crippen LogP contribution in [-0.4, -0.2) is 41.2 Å². The van der Waals surface area contributed by atoms with E-state index in [9.17, 15) is 0 Å². The van der Waals surface area contributed by atoms with Crippen molar-refractivity contribution < 1.29 is 4.74 Å². The normalized spacial score (nSPS) is 23.3. The van der Waals surface area contributed by atoms with Gasteiger partial charge in [0.25, 0.3) is 0 Å². The second-order valence-corrected chi connectivity index (χ2v) is 4.98. The molecule has 2 heterocycles. The van der Waals surface area contributed by atoms with Crippen molar-refractivity contribution in [1.29, 1.82) is 0 Å². The lowest BCUT2D eigenvalue weighted by molar-refractivity contribution is 0.309. The third-order valence-corrected chi connectivity index (χ3v) is 3.73. The van der Waals surface area contributed by atoms with Crippen LogP contribution in [0.3, 0.4) is 0 Å². The molecule has 0 aliphatic carbocycles. The molecule has 1 aliphatic heterocycles. The Balaban J connectivity index is 2.29. The maximum atomic E-state index is 5.41. The number of aromatic nitrogens is 3. The summed E-state index contributed by atoms with van der Waals surface area (Å²) in [6.07, 6.45) is 2.44. The van der Waals surface area contributed by atoms with Gasteiger partial charge in [-0.25, -0.2) is 0 Å². The highest BCUT2D eigenvalue weighted by Gasteiger charge is 2.27. The highest BCUT2D eigenvalue weighted by Crippen LogP contribution is 2.27. The van der Waals surface area contributed by atoms with Gasteiger partial charge in [0.2, 0.25) is 11.9 Å². The fourth-order valence-corrected chi connectivity index (χ4v) is 2.40. The van der Waals surface area contributed by atoms with Crippen molar-refractivity contribution in [3.8, 4) is 6.01 Å². The molecule has 1 saturated heterocycles. The summed E-state index contributed by atoms with van der Waals surface area (Å²) < 4.78 is 5.41. The Morgan fingerprint density at radius 1 is 1.32 bits per heavy atom. The maximum Gasteiger partial charge on any atom is 0.323 e. The Labute approximate surface area is 114 Å². The monoisotopic (exact) mass is 265 g/mol. The molecule has 0 spiro atoms. The van der Waals surface area contributed by atoms with E-state index in [1.54, 1.807) is 7.05 Å². The lowest BCUT2D eigenvalue weighted by Crippen LogP contribution is -2.43. The molecule has 1 fully saturated rings. The molecule has 19 heavy (non-hydrogen) atoms. The van der Waals surface area contributed by atoms with Crippen molar-refractivity contribution in [2.75, 3.05) is 30.4 Å². The quantitative estimate of drug-likeness (QED) is 0.897. The maximum absolute atomic E-state index is 5.41. The van der Waals surface area contributed by atoms with E-state index in [1.807, 2.05) is 6.92 Å². The van der Waals surface area contributed by atoms with Gasteiger partial charge in [0.05, 0.1) is 6.61 Å². The first kappa shape index (κ1) is 13.8. The van der Waals surface area contributed by atoms with Crippen molar-refractivity contribution in [2.24, 2.45) is 5.92 Å². The summed E-state index contributed by atoms with van der Waals surface area (Å²) >= 11 is 0. The number of ether oxygens (including phenoxy) is 1. The number of nitrogens with one attached hydrogen (secondary N) is 1. The van der Waals surface area contributed by atoms with E-state index in [-0.39, 0.29) is 0 Å². The molecular formula is C13H23N5O. The zero-order valence-corrected chi connectivity index (χ0v) is 12.2. The predicted molar refractivity (Wildman–Crippen MR) is 75.7 cm³/mol. The van der Waals surface area contributed by atoms with Crippen LogP contribution in [0.25, 0.3) is 0 Å². The summed E-state index contributed by atoms with van der Waals surface area (Å²) in [6.45, 7) is 7.98. The summed E-state index contributed by atoms with van der Waals surface area (Å²) in [5, 5.41) is 2.96. The summed E-state index contributed by atoms with van der Waals surface area (Å²) in [5.41, 5.74) is 0. The van der Waals surface area contributed by atoms with Crippen LogP contribution in [0.1, 0.15) is 33.6 Å². The van der Waals surface area contributed by atoms with Crippen LogP contribution in [0.2, 0.25) is 0 Å². The molecule has 6 nitrogen and oxygen atoms in total. The lowest BCUT2D eigenvalue weighted by Gasteiger charge is -2.37. The van der Waals surface area contributed by atoms with Gasteiger partial charge in [0.15, 0.2) is 0 Å². The number of piperidine rings is 1. The van der Waals surface area contributed by atoms with Crippen LogP contribution in [0, 0.1) is 5.92 Å². The van der Waals surface area contributed by atoms with Gasteiger partial charge in [-0.05, 0) is 32.6 Å². The van der Waals surface area contributed by atoms with E-state index >= 15 is 0 Å². The molecule has 0 bridgehead atoms. The SMILES string of the molecule is CCOc1nc(NC)nc(N2CCCC(C)C2C)n1. The Hall–Kier alpha value is -1.59. The summed E-state index contributed by atoms with van der Waals surface area (Å²) in [6, 6.07) is 0.831. The smallest absolute Gasteiger partial charge is 0.323 e. The molecule has 1 aromatic heterocycles. The molecule has 1 N–H and O–H groups in total. The van der Waals surface area contributed by atoms with Gasteiger partial charge >= 0.3 is 6.01 Å². The van der Waals surface area contributed by atoms with Crippen LogP contribution in [0.5, 0.6) is 6.01 Å². The number of hydrogen-bond acceptors (Lipinski definition) is 6. The molecule has 2 rings (SSSR count). The summed E-state index contributed by atoms with van der Waals surface area (Å²) in [5.74, 6) is 1.92. The molecule has 0 saturated carbocycles. The minimum absolute atomic E-state index is 0.391. The number of hydrogen-bond donors (Lipinski definition) is 1. The van der Waals surface area contributed by atoms with E-state index in [0.717, 1.165) is 6.54 Å². The van der Waals surface area contributed by atoms with Crippen LogP contribution in [-0.2, 0) is 0 Å². The summed E-state index contributed by atoms with van der Waals surface area (Å²) in [4.78, 5) is 15.3. The highest BCUT2D eigenvalue weighted by molar-refractivity contribution is 5.39. The van der Waals surface area contributed by atoms with Crippen LogP contribution >= 0.6 is 0 Å². The molecule has 1 aliphatic rings. The van der Waals surface area contributed by atoms with Gasteiger partial charge in [-0.1, -0.05) is 6.92 Å². The molecule has 2 unspecified atom stereocenters. The zero-order chi connectivity index (χ0) is 13.8. The van der Waals surface area contributed by atoms with Gasteiger partial charge in [-0.2, -0.15) is 15.0 Å². The minimum Gasteiger partial charge on any atom is -0.464 e. The third-order valence-electron chi connectivity index (χ3n) is 3.73. The number of rotatable bonds is 4. The van der Waals surface area contributed by atoms with Crippen LogP contribution in [0.4, 0.5) is 11.9 Å². The van der Waals surface area contributed by atoms with Crippen molar-refractivity contribution in [2.45, 2.75) is 39.7 Å². The van der Waals surface area contributed by atoms with Gasteiger partial charge in [-0.3, -0.25) is 0 Å². The molecule has 6 heteroatoms. The second kappa shape index (κ2) is 6.04. The highest BCUT2D eigenvalue weighted by atomic mass is 16.5.